The number of thiophene rings is 1. The predicted molar refractivity (Wildman–Crippen MR) is 113 cm³/mol. The molecule has 2 aromatic carbocycles. The molecule has 0 spiro atoms. The molecule has 0 saturated carbocycles. The van der Waals surface area contributed by atoms with E-state index in [2.05, 4.69) is 0 Å². The molecule has 29 heavy (non-hydrogen) atoms. The summed E-state index contributed by atoms with van der Waals surface area (Å²) in [6.45, 7) is 3.95. The maximum atomic E-state index is 13.5. The predicted octanol–water partition coefficient (Wildman–Crippen LogP) is 4.42. The highest BCUT2D eigenvalue weighted by atomic mass is 32.1. The minimum absolute atomic E-state index is 0.208. The Labute approximate surface area is 173 Å². The van der Waals surface area contributed by atoms with E-state index in [9.17, 15) is 9.59 Å². The standard InChI is InChI=1S/C23H20N2O3S/c1-14-7-5-9-16(13-14)24-22(26)19-20(18-11-6-12-29-18)25(28-21(19)23(24)27)17-10-4-3-8-15(17)2/h3-13,19-21H,1-2H3/t19-,20-,21-/m1/s1. The van der Waals surface area contributed by atoms with Crippen molar-refractivity contribution in [1.82, 2.24) is 0 Å². The van der Waals surface area contributed by atoms with Gasteiger partial charge in [0.1, 0.15) is 12.0 Å². The molecule has 2 aliphatic heterocycles. The average Bonchev–Trinajstić information content (AvgIpc) is 3.40. The van der Waals surface area contributed by atoms with Crippen LogP contribution in [0.3, 0.4) is 0 Å². The number of aryl methyl sites for hydroxylation is 2. The number of hydroxylamine groups is 1. The van der Waals surface area contributed by atoms with Crippen LogP contribution in [0.2, 0.25) is 0 Å². The number of fused-ring (bicyclic) bond motifs is 1. The number of anilines is 2. The smallest absolute Gasteiger partial charge is 0.266 e. The van der Waals surface area contributed by atoms with Crippen molar-refractivity contribution in [3.63, 3.8) is 0 Å². The minimum atomic E-state index is -0.824. The number of carbonyl (C=O) groups excluding carboxylic acids is 2. The van der Waals surface area contributed by atoms with Gasteiger partial charge in [-0.05, 0) is 54.6 Å². The number of benzene rings is 2. The molecule has 5 rings (SSSR count). The van der Waals surface area contributed by atoms with Crippen molar-refractivity contribution in [2.75, 3.05) is 9.96 Å². The van der Waals surface area contributed by atoms with Crippen LogP contribution in [0.15, 0.2) is 66.0 Å². The van der Waals surface area contributed by atoms with E-state index in [-0.39, 0.29) is 17.9 Å². The zero-order valence-electron chi connectivity index (χ0n) is 16.1. The van der Waals surface area contributed by atoms with Gasteiger partial charge in [-0.25, -0.2) is 9.96 Å². The van der Waals surface area contributed by atoms with Crippen molar-refractivity contribution in [2.45, 2.75) is 26.0 Å². The molecule has 6 heteroatoms. The third-order valence-corrected chi connectivity index (χ3v) is 6.51. The fourth-order valence-corrected chi connectivity index (χ4v) is 5.06. The third-order valence-electron chi connectivity index (χ3n) is 5.56. The molecular formula is C23H20N2O3S. The Hall–Kier alpha value is -2.96. The van der Waals surface area contributed by atoms with Crippen molar-refractivity contribution in [1.29, 1.82) is 0 Å². The summed E-state index contributed by atoms with van der Waals surface area (Å²) in [6, 6.07) is 18.9. The Bertz CT molecular complexity index is 1100. The molecular weight excluding hydrogens is 384 g/mol. The first-order chi connectivity index (χ1) is 14.1. The minimum Gasteiger partial charge on any atom is -0.273 e. The maximum Gasteiger partial charge on any atom is 0.266 e. The molecule has 3 aromatic rings. The van der Waals surface area contributed by atoms with Gasteiger partial charge in [-0.15, -0.1) is 11.3 Å². The molecule has 2 aliphatic rings. The summed E-state index contributed by atoms with van der Waals surface area (Å²) in [7, 11) is 0. The molecule has 0 radical (unpaired) electrons. The van der Waals surface area contributed by atoms with E-state index in [1.54, 1.807) is 22.5 Å². The molecule has 3 atom stereocenters. The molecule has 3 heterocycles. The number of amides is 2. The molecule has 146 valence electrons. The number of hydrogen-bond donors (Lipinski definition) is 0. The molecule has 0 bridgehead atoms. The van der Waals surface area contributed by atoms with Crippen LogP contribution in [0, 0.1) is 19.8 Å². The summed E-state index contributed by atoms with van der Waals surface area (Å²) in [5, 5.41) is 3.75. The van der Waals surface area contributed by atoms with Gasteiger partial charge >= 0.3 is 0 Å². The molecule has 0 N–H and O–H groups in total. The van der Waals surface area contributed by atoms with Gasteiger partial charge in [0.15, 0.2) is 6.10 Å². The van der Waals surface area contributed by atoms with Crippen LogP contribution in [0.4, 0.5) is 11.4 Å². The van der Waals surface area contributed by atoms with Crippen LogP contribution in [0.1, 0.15) is 22.0 Å². The Kier molecular flexibility index (Phi) is 4.26. The van der Waals surface area contributed by atoms with E-state index in [1.165, 1.54) is 4.90 Å². The SMILES string of the molecule is Cc1cccc(N2C(=O)[C@@H]3[C@@H](c4cccs4)N(c4ccccc4C)O[C@H]3C2=O)c1. The topological polar surface area (TPSA) is 49.9 Å². The summed E-state index contributed by atoms with van der Waals surface area (Å²) in [5.41, 5.74) is 3.51. The van der Waals surface area contributed by atoms with Crippen LogP contribution in [0.5, 0.6) is 0 Å². The quantitative estimate of drug-likeness (QED) is 0.607. The summed E-state index contributed by atoms with van der Waals surface area (Å²) >= 11 is 1.57. The highest BCUT2D eigenvalue weighted by Crippen LogP contribution is 2.49. The molecule has 2 amide bonds. The van der Waals surface area contributed by atoms with Crippen LogP contribution >= 0.6 is 11.3 Å². The highest BCUT2D eigenvalue weighted by Gasteiger charge is 2.60. The van der Waals surface area contributed by atoms with Gasteiger partial charge in [0.25, 0.3) is 5.91 Å². The van der Waals surface area contributed by atoms with Crippen molar-refractivity contribution in [3.05, 3.63) is 82.0 Å². The van der Waals surface area contributed by atoms with E-state index in [0.717, 1.165) is 21.7 Å². The van der Waals surface area contributed by atoms with Crippen molar-refractivity contribution in [2.24, 2.45) is 5.92 Å². The van der Waals surface area contributed by atoms with Gasteiger partial charge < -0.3 is 0 Å². The third kappa shape index (κ3) is 2.79. The first-order valence-electron chi connectivity index (χ1n) is 9.56. The second kappa shape index (κ2) is 6.83. The van der Waals surface area contributed by atoms with E-state index >= 15 is 0 Å². The van der Waals surface area contributed by atoms with Crippen molar-refractivity contribution < 1.29 is 14.4 Å². The second-order valence-corrected chi connectivity index (χ2v) is 8.45. The molecule has 0 unspecified atom stereocenters. The van der Waals surface area contributed by atoms with E-state index in [4.69, 9.17) is 4.84 Å². The van der Waals surface area contributed by atoms with Crippen molar-refractivity contribution in [3.8, 4) is 0 Å². The number of hydrogen-bond acceptors (Lipinski definition) is 5. The number of para-hydroxylation sites is 1. The van der Waals surface area contributed by atoms with Crippen LogP contribution in [-0.4, -0.2) is 17.9 Å². The number of imide groups is 1. The fourth-order valence-electron chi connectivity index (χ4n) is 4.20. The molecule has 0 aliphatic carbocycles. The summed E-state index contributed by atoms with van der Waals surface area (Å²) in [5.74, 6) is -1.09. The summed E-state index contributed by atoms with van der Waals surface area (Å²) in [4.78, 5) is 35.2. The Morgan fingerprint density at radius 1 is 0.931 bits per heavy atom. The molecule has 1 aromatic heterocycles. The van der Waals surface area contributed by atoms with Crippen LogP contribution in [0.25, 0.3) is 0 Å². The first-order valence-corrected chi connectivity index (χ1v) is 10.4. The molecule has 2 fully saturated rings. The lowest BCUT2D eigenvalue weighted by Gasteiger charge is -2.29. The van der Waals surface area contributed by atoms with Gasteiger partial charge in [0.2, 0.25) is 5.91 Å². The van der Waals surface area contributed by atoms with E-state index in [1.807, 2.05) is 73.8 Å². The van der Waals surface area contributed by atoms with Gasteiger partial charge in [0.05, 0.1) is 11.4 Å². The number of nitrogens with zero attached hydrogens (tertiary/aromatic N) is 2. The Morgan fingerprint density at radius 3 is 2.48 bits per heavy atom. The largest absolute Gasteiger partial charge is 0.273 e. The van der Waals surface area contributed by atoms with Crippen LogP contribution < -0.4 is 9.96 Å². The molecule has 2 saturated heterocycles. The van der Waals surface area contributed by atoms with Gasteiger partial charge in [0, 0.05) is 4.88 Å². The zero-order valence-corrected chi connectivity index (χ0v) is 16.9. The summed E-state index contributed by atoms with van der Waals surface area (Å²) in [6.07, 6.45) is -0.824. The van der Waals surface area contributed by atoms with Gasteiger partial charge in [-0.1, -0.05) is 36.4 Å². The maximum absolute atomic E-state index is 13.5. The lowest BCUT2D eigenvalue weighted by Crippen LogP contribution is -2.37. The fraction of sp³-hybridized carbons (Fsp3) is 0.217. The van der Waals surface area contributed by atoms with Gasteiger partial charge in [-0.3, -0.25) is 14.4 Å². The highest BCUT2D eigenvalue weighted by molar-refractivity contribution is 7.10. The van der Waals surface area contributed by atoms with Gasteiger partial charge in [-0.2, -0.15) is 0 Å². The monoisotopic (exact) mass is 404 g/mol. The Balaban J connectivity index is 1.59. The van der Waals surface area contributed by atoms with Crippen molar-refractivity contribution >= 4 is 34.5 Å². The van der Waals surface area contributed by atoms with E-state index in [0.29, 0.717) is 5.69 Å². The molecule has 5 nitrogen and oxygen atoms in total. The lowest BCUT2D eigenvalue weighted by molar-refractivity contribution is -0.126. The Morgan fingerprint density at radius 2 is 1.76 bits per heavy atom. The number of carbonyl (C=O) groups is 2. The zero-order chi connectivity index (χ0) is 20.1. The lowest BCUT2D eigenvalue weighted by atomic mass is 9.95. The number of rotatable bonds is 3. The average molecular weight is 404 g/mol. The van der Waals surface area contributed by atoms with Crippen LogP contribution in [-0.2, 0) is 14.4 Å². The normalized spacial score (nSPS) is 23.7. The first kappa shape index (κ1) is 18.1. The summed E-state index contributed by atoms with van der Waals surface area (Å²) < 4.78 is 0. The van der Waals surface area contributed by atoms with E-state index < -0.39 is 12.0 Å². The second-order valence-electron chi connectivity index (χ2n) is 7.48.